The molecule has 0 unspecified atom stereocenters. The third kappa shape index (κ3) is 5.87. The minimum absolute atomic E-state index is 0. The Morgan fingerprint density at radius 3 is 2.26 bits per heavy atom. The molecule has 0 radical (unpaired) electrons. The summed E-state index contributed by atoms with van der Waals surface area (Å²) in [6, 6.07) is 6.95. The fraction of sp³-hybridized carbons (Fsp3) is 0.409. The van der Waals surface area contributed by atoms with Crippen LogP contribution in [0, 0.1) is 5.41 Å². The molecular formula is C22H30Cl2N6O4. The van der Waals surface area contributed by atoms with E-state index in [4.69, 9.17) is 15.9 Å². The first-order valence-electron chi connectivity index (χ1n) is 10.4. The molecular weight excluding hydrogens is 483 g/mol. The maximum Gasteiger partial charge on any atom is 0.332 e. The van der Waals surface area contributed by atoms with Crippen LogP contribution in [0.4, 0.5) is 0 Å². The van der Waals surface area contributed by atoms with Crippen molar-refractivity contribution in [3.05, 3.63) is 50.7 Å². The second-order valence-electron chi connectivity index (χ2n) is 7.95. The van der Waals surface area contributed by atoms with E-state index in [1.54, 1.807) is 56.8 Å². The number of nitrogens with one attached hydrogen (secondary N) is 1. The number of carbonyl (C=O) groups is 1. The van der Waals surface area contributed by atoms with Crippen LogP contribution >= 0.6 is 24.8 Å². The molecule has 1 aromatic carbocycles. The van der Waals surface area contributed by atoms with E-state index < -0.39 is 11.2 Å². The zero-order chi connectivity index (χ0) is 23.6. The van der Waals surface area contributed by atoms with E-state index in [0.29, 0.717) is 29.9 Å². The Morgan fingerprint density at radius 2 is 1.71 bits per heavy atom. The van der Waals surface area contributed by atoms with Gasteiger partial charge >= 0.3 is 11.7 Å². The van der Waals surface area contributed by atoms with Gasteiger partial charge in [-0.15, -0.1) is 24.8 Å². The number of nitrogens with zero attached hydrogens (tertiary/aromatic N) is 4. The predicted molar refractivity (Wildman–Crippen MR) is 136 cm³/mol. The van der Waals surface area contributed by atoms with Gasteiger partial charge in [-0.1, -0.05) is 24.3 Å². The molecule has 3 rings (SSSR count). The number of aromatic nitrogens is 4. The summed E-state index contributed by atoms with van der Waals surface area (Å²) in [6.45, 7) is 3.76. The van der Waals surface area contributed by atoms with Gasteiger partial charge in [0.2, 0.25) is 0 Å². The van der Waals surface area contributed by atoms with Crippen LogP contribution in [0.1, 0.15) is 38.7 Å². The SMILES string of the molecule is CC(C)OC(=O)CCCCn1c(=O)c2nc(-c3ccc(C(=N)N)cc3)n(C)c2n(C)c1=O.Cl.Cl. The van der Waals surface area contributed by atoms with Gasteiger partial charge < -0.3 is 15.0 Å². The number of amidine groups is 1. The molecule has 2 aromatic heterocycles. The van der Waals surface area contributed by atoms with Crippen molar-refractivity contribution in [3.8, 4) is 11.4 Å². The molecule has 0 aliphatic carbocycles. The number of fused-ring (bicyclic) bond motifs is 1. The minimum atomic E-state index is -0.463. The lowest BCUT2D eigenvalue weighted by molar-refractivity contribution is -0.147. The third-order valence-corrected chi connectivity index (χ3v) is 5.18. The summed E-state index contributed by atoms with van der Waals surface area (Å²) in [5, 5.41) is 7.52. The molecule has 0 saturated heterocycles. The van der Waals surface area contributed by atoms with Crippen molar-refractivity contribution < 1.29 is 9.53 Å². The molecule has 0 spiro atoms. The molecule has 3 N–H and O–H groups in total. The first kappa shape index (κ1) is 28.9. The highest BCUT2D eigenvalue weighted by Gasteiger charge is 2.19. The first-order chi connectivity index (χ1) is 15.1. The van der Waals surface area contributed by atoms with Crippen LogP contribution in [0.5, 0.6) is 0 Å². The number of nitrogens with two attached hydrogens (primary N) is 1. The third-order valence-electron chi connectivity index (χ3n) is 5.18. The second-order valence-corrected chi connectivity index (χ2v) is 7.95. The number of rotatable bonds is 8. The van der Waals surface area contributed by atoms with Crippen molar-refractivity contribution in [2.45, 2.75) is 45.8 Å². The van der Waals surface area contributed by atoms with E-state index in [1.807, 2.05) is 0 Å². The Labute approximate surface area is 209 Å². The molecule has 0 aliphatic rings. The number of imidazole rings is 1. The maximum atomic E-state index is 13.1. The number of ether oxygens (including phenoxy) is 1. The van der Waals surface area contributed by atoms with Gasteiger partial charge in [0, 0.05) is 38.2 Å². The van der Waals surface area contributed by atoms with Crippen molar-refractivity contribution in [2.24, 2.45) is 19.8 Å². The molecule has 186 valence electrons. The molecule has 0 atom stereocenters. The van der Waals surface area contributed by atoms with Crippen LogP contribution < -0.4 is 17.0 Å². The second kappa shape index (κ2) is 11.8. The topological polar surface area (TPSA) is 138 Å². The van der Waals surface area contributed by atoms with E-state index in [2.05, 4.69) is 4.98 Å². The summed E-state index contributed by atoms with van der Waals surface area (Å²) in [5.41, 5.74) is 6.54. The van der Waals surface area contributed by atoms with Crippen molar-refractivity contribution in [3.63, 3.8) is 0 Å². The highest BCUT2D eigenvalue weighted by Crippen LogP contribution is 2.21. The zero-order valence-electron chi connectivity index (χ0n) is 19.5. The van der Waals surface area contributed by atoms with Gasteiger partial charge in [0.05, 0.1) is 6.10 Å². The molecule has 0 amide bonds. The molecule has 0 aliphatic heterocycles. The predicted octanol–water partition coefficient (Wildman–Crippen LogP) is 2.35. The molecule has 0 fully saturated rings. The van der Waals surface area contributed by atoms with Crippen molar-refractivity contribution in [2.75, 3.05) is 0 Å². The van der Waals surface area contributed by atoms with Crippen molar-refractivity contribution in [1.82, 2.24) is 18.7 Å². The summed E-state index contributed by atoms with van der Waals surface area (Å²) in [7, 11) is 3.35. The highest BCUT2D eigenvalue weighted by molar-refractivity contribution is 5.95. The summed E-state index contributed by atoms with van der Waals surface area (Å²) >= 11 is 0. The van der Waals surface area contributed by atoms with Crippen LogP contribution in [-0.4, -0.2) is 36.6 Å². The maximum absolute atomic E-state index is 13.1. The Hall–Kier alpha value is -3.11. The number of esters is 1. The molecule has 0 bridgehead atoms. The fourth-order valence-electron chi connectivity index (χ4n) is 3.62. The Kier molecular flexibility index (Phi) is 10.1. The van der Waals surface area contributed by atoms with Crippen molar-refractivity contribution >= 4 is 47.8 Å². The normalized spacial score (nSPS) is 10.6. The number of hydrogen-bond acceptors (Lipinski definition) is 6. The van der Waals surface area contributed by atoms with Gasteiger partial charge in [-0.2, -0.15) is 0 Å². The largest absolute Gasteiger partial charge is 0.463 e. The smallest absolute Gasteiger partial charge is 0.332 e. The molecule has 0 saturated carbocycles. The Bertz CT molecular complexity index is 1290. The van der Waals surface area contributed by atoms with Crippen LogP contribution in [0.15, 0.2) is 33.9 Å². The quantitative estimate of drug-likeness (QED) is 0.205. The van der Waals surface area contributed by atoms with Gasteiger partial charge in [0.15, 0.2) is 5.52 Å². The average Bonchev–Trinajstić information content (AvgIpc) is 3.08. The van der Waals surface area contributed by atoms with Crippen LogP contribution in [0.25, 0.3) is 22.6 Å². The lowest BCUT2D eigenvalue weighted by atomic mass is 10.1. The lowest BCUT2D eigenvalue weighted by Gasteiger charge is -2.10. The standard InChI is InChI=1S/C22H28N6O4.2ClH/c1-13(2)32-16(29)7-5-6-12-28-21(30)17-20(27(4)22(28)31)26(3)19(25-17)15-10-8-14(9-11-15)18(23)24;;/h8-11,13H,5-7,12H2,1-4H3,(H3,23,24);2*1H. The Morgan fingerprint density at radius 1 is 1.09 bits per heavy atom. The number of aryl methyl sites for hydroxylation is 2. The fourth-order valence-corrected chi connectivity index (χ4v) is 3.62. The molecule has 2 heterocycles. The summed E-state index contributed by atoms with van der Waals surface area (Å²) < 4.78 is 9.37. The zero-order valence-corrected chi connectivity index (χ0v) is 21.2. The van der Waals surface area contributed by atoms with Crippen molar-refractivity contribution in [1.29, 1.82) is 5.41 Å². The number of carbonyl (C=O) groups excluding carboxylic acids is 1. The number of halogens is 2. The monoisotopic (exact) mass is 512 g/mol. The van der Waals surface area contributed by atoms with E-state index in [0.717, 1.165) is 10.1 Å². The van der Waals surface area contributed by atoms with Crippen LogP contribution in [-0.2, 0) is 30.2 Å². The van der Waals surface area contributed by atoms with Gasteiger partial charge in [0.1, 0.15) is 17.3 Å². The van der Waals surface area contributed by atoms with Gasteiger partial charge in [-0.25, -0.2) is 9.78 Å². The first-order valence-corrected chi connectivity index (χ1v) is 10.4. The minimum Gasteiger partial charge on any atom is -0.463 e. The molecule has 12 heteroatoms. The summed E-state index contributed by atoms with van der Waals surface area (Å²) in [5.74, 6) is 0.196. The Balaban J connectivity index is 0.00000289. The summed E-state index contributed by atoms with van der Waals surface area (Å²) in [4.78, 5) is 42.1. The molecule has 34 heavy (non-hydrogen) atoms. The lowest BCUT2D eigenvalue weighted by Crippen LogP contribution is -2.39. The average molecular weight is 513 g/mol. The van der Waals surface area contributed by atoms with Gasteiger partial charge in [-0.05, 0) is 26.7 Å². The van der Waals surface area contributed by atoms with Crippen LogP contribution in [0.2, 0.25) is 0 Å². The number of unbranched alkanes of at least 4 members (excludes halogenated alkanes) is 1. The van der Waals surface area contributed by atoms with Gasteiger partial charge in [-0.3, -0.25) is 24.1 Å². The number of benzene rings is 1. The van der Waals surface area contributed by atoms with E-state index in [-0.39, 0.29) is 61.2 Å². The number of hydrogen-bond donors (Lipinski definition) is 2. The molecule has 3 aromatic rings. The van der Waals surface area contributed by atoms with Crippen LogP contribution in [0.3, 0.4) is 0 Å². The van der Waals surface area contributed by atoms with E-state index >= 15 is 0 Å². The van der Waals surface area contributed by atoms with Gasteiger partial charge in [0.25, 0.3) is 5.56 Å². The van der Waals surface area contributed by atoms with E-state index in [1.165, 1.54) is 4.57 Å². The molecule has 10 nitrogen and oxygen atoms in total. The van der Waals surface area contributed by atoms with E-state index in [9.17, 15) is 14.4 Å². The highest BCUT2D eigenvalue weighted by atomic mass is 35.5. The summed E-state index contributed by atoms with van der Waals surface area (Å²) in [6.07, 6.45) is 1.06. The number of nitrogen functional groups attached to an aromatic ring is 1.